The molecule has 3 aromatic rings. The van der Waals surface area contributed by atoms with Gasteiger partial charge in [0.1, 0.15) is 5.15 Å². The van der Waals surface area contributed by atoms with Crippen molar-refractivity contribution in [3.63, 3.8) is 0 Å². The molecule has 0 spiro atoms. The van der Waals surface area contributed by atoms with Gasteiger partial charge in [0, 0.05) is 16.5 Å². The summed E-state index contributed by atoms with van der Waals surface area (Å²) >= 11 is 14.4. The second-order valence-electron chi connectivity index (χ2n) is 6.27. The third kappa shape index (κ3) is 5.31. The predicted molar refractivity (Wildman–Crippen MR) is 117 cm³/mol. The highest BCUT2D eigenvalue weighted by Crippen LogP contribution is 2.23. The van der Waals surface area contributed by atoms with Gasteiger partial charge in [-0.3, -0.25) is 4.79 Å². The van der Waals surface area contributed by atoms with Gasteiger partial charge in [-0.15, -0.1) is 11.8 Å². The summed E-state index contributed by atoms with van der Waals surface area (Å²) in [6.07, 6.45) is 0.871. The van der Waals surface area contributed by atoms with Gasteiger partial charge in [-0.2, -0.15) is 5.10 Å². The summed E-state index contributed by atoms with van der Waals surface area (Å²) in [4.78, 5) is 13.8. The van der Waals surface area contributed by atoms with Crippen LogP contribution in [0.2, 0.25) is 10.2 Å². The van der Waals surface area contributed by atoms with E-state index >= 15 is 0 Å². The van der Waals surface area contributed by atoms with Crippen LogP contribution in [0, 0.1) is 6.92 Å². The van der Waals surface area contributed by atoms with Crippen molar-refractivity contribution >= 4 is 40.9 Å². The largest absolute Gasteiger partial charge is 0.352 e. The van der Waals surface area contributed by atoms with E-state index in [-0.39, 0.29) is 5.91 Å². The molecule has 1 amide bonds. The molecule has 146 valence electrons. The SMILES string of the molecule is Cc1nn(Cc2ccccc2Cl)c(Cl)c1C(=O)NCCCSc1ccccc1. The van der Waals surface area contributed by atoms with E-state index in [1.807, 2.05) is 42.5 Å². The molecule has 0 radical (unpaired) electrons. The Morgan fingerprint density at radius 3 is 2.57 bits per heavy atom. The number of thioether (sulfide) groups is 1. The number of rotatable bonds is 8. The number of nitrogens with zero attached hydrogens (tertiary/aromatic N) is 2. The van der Waals surface area contributed by atoms with E-state index in [0.29, 0.717) is 34.5 Å². The third-order valence-corrected chi connectivity index (χ3v) is 6.04. The first kappa shape index (κ1) is 20.8. The number of aryl methyl sites for hydroxylation is 1. The average molecular weight is 434 g/mol. The summed E-state index contributed by atoms with van der Waals surface area (Å²) in [7, 11) is 0. The van der Waals surface area contributed by atoms with Crippen molar-refractivity contribution in [3.05, 3.63) is 81.6 Å². The first-order valence-electron chi connectivity index (χ1n) is 8.98. The van der Waals surface area contributed by atoms with Gasteiger partial charge in [0.15, 0.2) is 0 Å². The number of halogens is 2. The quantitative estimate of drug-likeness (QED) is 0.378. The number of hydrogen-bond donors (Lipinski definition) is 1. The van der Waals surface area contributed by atoms with Gasteiger partial charge in [-0.05, 0) is 42.9 Å². The van der Waals surface area contributed by atoms with Crippen molar-refractivity contribution in [3.8, 4) is 0 Å². The Morgan fingerprint density at radius 1 is 1.11 bits per heavy atom. The molecule has 0 aliphatic heterocycles. The molecule has 0 atom stereocenters. The number of nitrogens with one attached hydrogen (secondary N) is 1. The maximum Gasteiger partial charge on any atom is 0.256 e. The Balaban J connectivity index is 1.55. The van der Waals surface area contributed by atoms with Crippen molar-refractivity contribution in [1.82, 2.24) is 15.1 Å². The molecule has 0 unspecified atom stereocenters. The molecular weight excluding hydrogens is 413 g/mol. The van der Waals surface area contributed by atoms with Crippen LogP contribution < -0.4 is 5.32 Å². The molecule has 28 heavy (non-hydrogen) atoms. The zero-order valence-corrected chi connectivity index (χ0v) is 17.8. The normalized spacial score (nSPS) is 10.8. The van der Waals surface area contributed by atoms with Crippen LogP contribution in [0.5, 0.6) is 0 Å². The fourth-order valence-electron chi connectivity index (χ4n) is 2.77. The number of carbonyl (C=O) groups is 1. The van der Waals surface area contributed by atoms with Crippen LogP contribution in [-0.2, 0) is 6.54 Å². The molecule has 0 aliphatic carbocycles. The number of aromatic nitrogens is 2. The van der Waals surface area contributed by atoms with Crippen LogP contribution >= 0.6 is 35.0 Å². The number of carbonyl (C=O) groups excluding carboxylic acids is 1. The molecule has 0 saturated heterocycles. The Morgan fingerprint density at radius 2 is 1.82 bits per heavy atom. The molecule has 2 aromatic carbocycles. The Labute approximate surface area is 179 Å². The lowest BCUT2D eigenvalue weighted by Crippen LogP contribution is -2.25. The maximum absolute atomic E-state index is 12.6. The van der Waals surface area contributed by atoms with Crippen LogP contribution in [0.1, 0.15) is 28.0 Å². The van der Waals surface area contributed by atoms with Crippen LogP contribution in [0.4, 0.5) is 0 Å². The van der Waals surface area contributed by atoms with E-state index < -0.39 is 0 Å². The first-order chi connectivity index (χ1) is 13.6. The van der Waals surface area contributed by atoms with Gasteiger partial charge in [0.2, 0.25) is 0 Å². The summed E-state index contributed by atoms with van der Waals surface area (Å²) in [5.74, 6) is 0.737. The van der Waals surface area contributed by atoms with E-state index in [0.717, 1.165) is 17.7 Å². The van der Waals surface area contributed by atoms with Crippen molar-refractivity contribution in [2.75, 3.05) is 12.3 Å². The van der Waals surface area contributed by atoms with E-state index in [9.17, 15) is 4.79 Å². The maximum atomic E-state index is 12.6. The zero-order chi connectivity index (χ0) is 19.9. The predicted octanol–water partition coefficient (Wildman–Crippen LogP) is 5.46. The zero-order valence-electron chi connectivity index (χ0n) is 15.5. The monoisotopic (exact) mass is 433 g/mol. The van der Waals surface area contributed by atoms with Crippen molar-refractivity contribution in [2.45, 2.75) is 24.8 Å². The van der Waals surface area contributed by atoms with Crippen LogP contribution in [0.15, 0.2) is 59.5 Å². The van der Waals surface area contributed by atoms with Gasteiger partial charge in [0.05, 0.1) is 17.8 Å². The molecule has 4 nitrogen and oxygen atoms in total. The Kier molecular flexibility index (Phi) is 7.43. The standard InChI is InChI=1S/C21H21Cl2N3OS/c1-15-19(20(23)26(25-15)14-16-8-5-6-11-18(16)22)21(27)24-12-7-13-28-17-9-3-2-4-10-17/h2-6,8-11H,7,12-14H2,1H3,(H,24,27). The molecule has 0 fully saturated rings. The second-order valence-corrected chi connectivity index (χ2v) is 8.20. The van der Waals surface area contributed by atoms with Crippen molar-refractivity contribution in [2.24, 2.45) is 0 Å². The van der Waals surface area contributed by atoms with Crippen molar-refractivity contribution < 1.29 is 4.79 Å². The minimum atomic E-state index is -0.197. The number of hydrogen-bond acceptors (Lipinski definition) is 3. The summed E-state index contributed by atoms with van der Waals surface area (Å²) < 4.78 is 1.61. The lowest BCUT2D eigenvalue weighted by Gasteiger charge is -2.07. The highest BCUT2D eigenvalue weighted by Gasteiger charge is 2.20. The Bertz CT molecular complexity index is 944. The molecule has 1 N–H and O–H groups in total. The molecule has 0 aliphatic rings. The topological polar surface area (TPSA) is 46.9 Å². The average Bonchev–Trinajstić information content (AvgIpc) is 2.97. The number of amides is 1. The van der Waals surface area contributed by atoms with Crippen LogP contribution in [-0.4, -0.2) is 28.0 Å². The van der Waals surface area contributed by atoms with Crippen LogP contribution in [0.3, 0.4) is 0 Å². The summed E-state index contributed by atoms with van der Waals surface area (Å²) in [5, 5.41) is 8.33. The molecule has 0 saturated carbocycles. The molecule has 3 rings (SSSR count). The smallest absolute Gasteiger partial charge is 0.256 e. The lowest BCUT2D eigenvalue weighted by molar-refractivity contribution is 0.0953. The van der Waals surface area contributed by atoms with E-state index in [4.69, 9.17) is 23.2 Å². The summed E-state index contributed by atoms with van der Waals surface area (Å²) in [6, 6.07) is 17.7. The number of benzene rings is 2. The molecule has 0 bridgehead atoms. The molecular formula is C21H21Cl2N3OS. The fraction of sp³-hybridized carbons (Fsp3) is 0.238. The van der Waals surface area contributed by atoms with E-state index in [1.165, 1.54) is 4.90 Å². The van der Waals surface area contributed by atoms with Crippen LogP contribution in [0.25, 0.3) is 0 Å². The minimum Gasteiger partial charge on any atom is -0.352 e. The van der Waals surface area contributed by atoms with Crippen molar-refractivity contribution in [1.29, 1.82) is 0 Å². The molecule has 1 heterocycles. The highest BCUT2D eigenvalue weighted by molar-refractivity contribution is 7.99. The highest BCUT2D eigenvalue weighted by atomic mass is 35.5. The van der Waals surface area contributed by atoms with E-state index in [2.05, 4.69) is 22.5 Å². The second kappa shape index (κ2) is 10.0. The minimum absolute atomic E-state index is 0.197. The first-order valence-corrected chi connectivity index (χ1v) is 10.7. The lowest BCUT2D eigenvalue weighted by atomic mass is 10.2. The molecule has 7 heteroatoms. The van der Waals surface area contributed by atoms with E-state index in [1.54, 1.807) is 23.4 Å². The van der Waals surface area contributed by atoms with Gasteiger partial charge in [0.25, 0.3) is 5.91 Å². The summed E-state index contributed by atoms with van der Waals surface area (Å²) in [5.41, 5.74) is 1.93. The Hall–Kier alpha value is -1.95. The summed E-state index contributed by atoms with van der Waals surface area (Å²) in [6.45, 7) is 2.79. The fourth-order valence-corrected chi connectivity index (χ4v) is 4.16. The van der Waals surface area contributed by atoms with Gasteiger partial charge in [-0.1, -0.05) is 59.6 Å². The van der Waals surface area contributed by atoms with Gasteiger partial charge in [-0.25, -0.2) is 4.68 Å². The van der Waals surface area contributed by atoms with Gasteiger partial charge >= 0.3 is 0 Å². The molecule has 1 aromatic heterocycles. The van der Waals surface area contributed by atoms with Gasteiger partial charge < -0.3 is 5.32 Å². The third-order valence-electron chi connectivity index (χ3n) is 4.19.